The van der Waals surface area contributed by atoms with Crippen LogP contribution in [0.25, 0.3) is 27.9 Å². The van der Waals surface area contributed by atoms with Gasteiger partial charge in [-0.1, -0.05) is 12.1 Å². The second kappa shape index (κ2) is 15.3. The zero-order chi connectivity index (χ0) is 36.8. The number of nitrogens with zero attached hydrogens (tertiary/aromatic N) is 9. The Kier molecular flexibility index (Phi) is 10.3. The maximum Gasteiger partial charge on any atom is 0.271 e. The van der Waals surface area contributed by atoms with Crippen molar-refractivity contribution in [3.8, 4) is 46.5 Å². The highest BCUT2D eigenvalue weighted by Gasteiger charge is 2.27. The van der Waals surface area contributed by atoms with Crippen molar-refractivity contribution in [2.45, 2.75) is 24.9 Å². The lowest BCUT2D eigenvalue weighted by Crippen LogP contribution is -2.36. The number of benzene rings is 2. The highest BCUT2D eigenvalue weighted by molar-refractivity contribution is 5.96. The first kappa shape index (κ1) is 34.9. The van der Waals surface area contributed by atoms with Crippen molar-refractivity contribution >= 4 is 17.5 Å². The summed E-state index contributed by atoms with van der Waals surface area (Å²) >= 11 is 0. The molecule has 2 aliphatic rings. The Hall–Kier alpha value is -6.92. The van der Waals surface area contributed by atoms with Crippen molar-refractivity contribution in [3.05, 3.63) is 96.0 Å². The van der Waals surface area contributed by atoms with Crippen LogP contribution in [0.5, 0.6) is 5.75 Å². The van der Waals surface area contributed by atoms with Crippen molar-refractivity contribution in [1.82, 2.24) is 39.6 Å². The molecule has 0 radical (unpaired) electrons. The van der Waals surface area contributed by atoms with E-state index in [1.54, 1.807) is 56.7 Å². The Morgan fingerprint density at radius 1 is 0.885 bits per heavy atom. The molecule has 14 nitrogen and oxygen atoms in total. The fourth-order valence-corrected chi connectivity index (χ4v) is 6.22. The third-order valence-electron chi connectivity index (χ3n) is 8.90. The van der Waals surface area contributed by atoms with Crippen LogP contribution >= 0.6 is 0 Å². The number of halogens is 1. The van der Waals surface area contributed by atoms with Gasteiger partial charge in [0.05, 0.1) is 30.5 Å². The second-order valence-corrected chi connectivity index (χ2v) is 12.4. The Morgan fingerprint density at radius 3 is 2.21 bits per heavy atom. The summed E-state index contributed by atoms with van der Waals surface area (Å²) in [5.41, 5.74) is 4.62. The van der Waals surface area contributed by atoms with E-state index in [4.69, 9.17) is 20.5 Å². The normalized spacial score (nSPS) is 16.3. The Morgan fingerprint density at radius 2 is 1.60 bits per heavy atom. The van der Waals surface area contributed by atoms with E-state index in [0.29, 0.717) is 60.6 Å². The van der Waals surface area contributed by atoms with Gasteiger partial charge >= 0.3 is 0 Å². The summed E-state index contributed by atoms with van der Waals surface area (Å²) < 4.78 is 23.4. The molecule has 262 valence electrons. The minimum Gasteiger partial charge on any atom is -0.493 e. The zero-order valence-electron chi connectivity index (χ0n) is 28.5. The number of pyridine rings is 1. The van der Waals surface area contributed by atoms with E-state index in [-0.39, 0.29) is 29.3 Å². The second-order valence-electron chi connectivity index (χ2n) is 12.4. The lowest BCUT2D eigenvalue weighted by atomic mass is 10.0. The van der Waals surface area contributed by atoms with Crippen molar-refractivity contribution < 1.29 is 18.7 Å². The first-order chi connectivity index (χ1) is 25.2. The molecule has 2 saturated heterocycles. The van der Waals surface area contributed by atoms with Crippen LogP contribution < -0.4 is 15.4 Å². The summed E-state index contributed by atoms with van der Waals surface area (Å²) in [4.78, 5) is 32.5. The van der Waals surface area contributed by atoms with Crippen LogP contribution in [0.1, 0.15) is 39.3 Å². The molecular weight excluding hydrogens is 665 g/mol. The van der Waals surface area contributed by atoms with Gasteiger partial charge in [0.25, 0.3) is 11.8 Å². The molecule has 2 amide bonds. The summed E-state index contributed by atoms with van der Waals surface area (Å²) in [6.07, 6.45) is 12.5. The average Bonchev–Trinajstić information content (AvgIpc) is 3.99. The van der Waals surface area contributed by atoms with Gasteiger partial charge in [0.2, 0.25) is 0 Å². The number of hydrogen-bond acceptors (Lipinski definition) is 10. The van der Waals surface area contributed by atoms with Gasteiger partial charge in [-0.05, 0) is 60.4 Å². The number of nitrogens with one attached hydrogen (secondary N) is 2. The first-order valence-electron chi connectivity index (χ1n) is 16.5. The van der Waals surface area contributed by atoms with E-state index in [0.717, 1.165) is 17.5 Å². The van der Waals surface area contributed by atoms with Gasteiger partial charge in [-0.25, -0.2) is 9.37 Å². The third-order valence-corrected chi connectivity index (χ3v) is 8.90. The van der Waals surface area contributed by atoms with Crippen LogP contribution in [0, 0.1) is 40.1 Å². The molecule has 7 rings (SSSR count). The minimum atomic E-state index is -0.712. The molecule has 52 heavy (non-hydrogen) atoms. The number of aryl methyl sites for hydroxylation is 1. The molecule has 5 aromatic rings. The number of carbonyl (C=O) groups excluding carboxylic acids is 2. The molecule has 2 N–H and O–H groups in total. The summed E-state index contributed by atoms with van der Waals surface area (Å²) in [6, 6.07) is 16.1. The van der Waals surface area contributed by atoms with Crippen LogP contribution in [0.2, 0.25) is 0 Å². The Bertz CT molecular complexity index is 2260. The number of hydrogen-bond donors (Lipinski definition) is 2. The van der Waals surface area contributed by atoms with Crippen LogP contribution in [-0.2, 0) is 7.05 Å². The van der Waals surface area contributed by atoms with Gasteiger partial charge in [-0.2, -0.15) is 20.9 Å². The first-order valence-corrected chi connectivity index (χ1v) is 16.5. The number of amides is 2. The Balaban J connectivity index is 0.000000179. The third kappa shape index (κ3) is 7.62. The molecule has 0 saturated carbocycles. The van der Waals surface area contributed by atoms with Crippen LogP contribution in [0.4, 0.5) is 4.39 Å². The quantitative estimate of drug-likeness (QED) is 0.238. The predicted molar refractivity (Wildman–Crippen MR) is 187 cm³/mol. The lowest BCUT2D eigenvalue weighted by Gasteiger charge is -2.15. The molecule has 0 spiro atoms. The molecular formula is C37H34FN11O3. The van der Waals surface area contributed by atoms with Crippen molar-refractivity contribution in [2.75, 3.05) is 33.3 Å². The zero-order valence-corrected chi connectivity index (χ0v) is 28.5. The van der Waals surface area contributed by atoms with E-state index in [1.165, 1.54) is 13.2 Å². The molecule has 0 unspecified atom stereocenters. The van der Waals surface area contributed by atoms with E-state index in [1.807, 2.05) is 42.7 Å². The number of aromatic nitrogens is 4. The van der Waals surface area contributed by atoms with Crippen molar-refractivity contribution in [1.29, 1.82) is 15.8 Å². The topological polar surface area (TPSA) is 180 Å². The number of fused-ring (bicyclic) bond motifs is 1. The Labute approximate surface area is 298 Å². The molecule has 3 aromatic heterocycles. The number of carbonyl (C=O) groups is 2. The molecule has 0 bridgehead atoms. The summed E-state index contributed by atoms with van der Waals surface area (Å²) in [5, 5.41) is 36.6. The SMILES string of the molecule is COc1c(-c2cnn(C)c2)ccc(C(=O)N[C@@H]2CCN(C#N)C2)c1F.N#Cc1cccc(-c2ccc3nc(C(=O)N[C@@H]4CCN(C#N)C4)cn3c2)c1. The minimum absolute atomic E-state index is 0.00530. The fourth-order valence-electron chi connectivity index (χ4n) is 6.22. The molecule has 15 heteroatoms. The fraction of sp³-hybridized carbons (Fsp3) is 0.270. The molecule has 2 aliphatic heterocycles. The van der Waals surface area contributed by atoms with E-state index in [9.17, 15) is 14.0 Å². The number of methoxy groups -OCH3 is 1. The monoisotopic (exact) mass is 699 g/mol. The number of nitriles is 3. The average molecular weight is 700 g/mol. The van der Waals surface area contributed by atoms with E-state index in [2.05, 4.69) is 33.0 Å². The lowest BCUT2D eigenvalue weighted by molar-refractivity contribution is 0.0925. The van der Waals surface area contributed by atoms with Gasteiger partial charge in [0, 0.05) is 75.0 Å². The smallest absolute Gasteiger partial charge is 0.271 e. The molecule has 2 atom stereocenters. The van der Waals surface area contributed by atoms with Gasteiger partial charge < -0.3 is 29.6 Å². The number of imidazole rings is 1. The van der Waals surface area contributed by atoms with Crippen molar-refractivity contribution in [2.24, 2.45) is 7.05 Å². The van der Waals surface area contributed by atoms with E-state index < -0.39 is 11.7 Å². The van der Waals surface area contributed by atoms with E-state index >= 15 is 0 Å². The standard InChI is InChI=1S/C20H16N6O.C17H18FN5O2/c21-9-14-2-1-3-15(8-14)16-4-5-19-24-18(12-26(19)10-16)20(27)23-17-6-7-25(11-17)13-22;1-22-8-11(7-20-22)13-3-4-14(15(18)16(13)25-2)17(24)21-12-5-6-23(9-12)10-19/h1-5,8,10,12,17H,6-7,11H2,(H,23,27);3-4,7-8,12H,5-6,9H2,1-2H3,(H,21,24)/t17-;12-/m11/s1. The van der Waals surface area contributed by atoms with Gasteiger partial charge in [-0.3, -0.25) is 14.3 Å². The maximum atomic E-state index is 14.8. The van der Waals surface area contributed by atoms with Crippen molar-refractivity contribution in [3.63, 3.8) is 0 Å². The molecule has 2 aromatic carbocycles. The number of ether oxygens (including phenoxy) is 1. The van der Waals surface area contributed by atoms with Gasteiger partial charge in [-0.15, -0.1) is 0 Å². The molecule has 5 heterocycles. The number of likely N-dealkylation sites (tertiary alicyclic amines) is 2. The van der Waals surface area contributed by atoms with Crippen LogP contribution in [-0.4, -0.2) is 86.2 Å². The summed E-state index contributed by atoms with van der Waals surface area (Å²) in [7, 11) is 3.13. The van der Waals surface area contributed by atoms with Gasteiger partial charge in [0.15, 0.2) is 24.0 Å². The predicted octanol–water partition coefficient (Wildman–Crippen LogP) is 3.68. The van der Waals surface area contributed by atoms with Crippen LogP contribution in [0.3, 0.4) is 0 Å². The largest absolute Gasteiger partial charge is 0.493 e. The summed E-state index contributed by atoms with van der Waals surface area (Å²) in [5.74, 6) is -1.46. The maximum absolute atomic E-state index is 14.8. The highest BCUT2D eigenvalue weighted by atomic mass is 19.1. The molecule has 0 aliphatic carbocycles. The number of rotatable bonds is 7. The molecule has 2 fully saturated rings. The highest BCUT2D eigenvalue weighted by Crippen LogP contribution is 2.34. The van der Waals surface area contributed by atoms with Crippen LogP contribution in [0.15, 0.2) is 73.3 Å². The summed E-state index contributed by atoms with van der Waals surface area (Å²) in [6.45, 7) is 2.23. The van der Waals surface area contributed by atoms with Gasteiger partial charge in [0.1, 0.15) is 11.3 Å².